The Balaban J connectivity index is 2.51. The minimum atomic E-state index is -0.847. The first-order valence-electron chi connectivity index (χ1n) is 4.86. The third-order valence-corrected chi connectivity index (χ3v) is 3.27. The summed E-state index contributed by atoms with van der Waals surface area (Å²) in [5, 5.41) is 0. The van der Waals surface area contributed by atoms with Gasteiger partial charge in [0.25, 0.3) is 0 Å². The molecule has 1 aromatic rings. The fourth-order valence-electron chi connectivity index (χ4n) is 1.52. The van der Waals surface area contributed by atoms with Crippen LogP contribution in [0.4, 0.5) is 4.39 Å². The summed E-state index contributed by atoms with van der Waals surface area (Å²) in [6, 6.07) is 0. The van der Waals surface area contributed by atoms with E-state index in [-0.39, 0.29) is 5.92 Å². The number of halogens is 1. The fourth-order valence-corrected chi connectivity index (χ4v) is 2.16. The van der Waals surface area contributed by atoms with Gasteiger partial charge in [0.1, 0.15) is 6.17 Å². The summed E-state index contributed by atoms with van der Waals surface area (Å²) in [5.41, 5.74) is 7.28. The Morgan fingerprint density at radius 2 is 2.29 bits per heavy atom. The normalized spacial score (nSPS) is 15.8. The number of nitrogens with two attached hydrogens (primary N) is 1. The van der Waals surface area contributed by atoms with Crippen LogP contribution in [0.15, 0.2) is 11.7 Å². The van der Waals surface area contributed by atoms with Gasteiger partial charge in [-0.1, -0.05) is 13.8 Å². The van der Waals surface area contributed by atoms with Crippen molar-refractivity contribution in [2.24, 2.45) is 17.6 Å². The molecule has 0 saturated carbocycles. The van der Waals surface area contributed by atoms with E-state index in [0.29, 0.717) is 18.9 Å². The van der Waals surface area contributed by atoms with Gasteiger partial charge in [-0.3, -0.25) is 4.98 Å². The number of hydrogen-bond acceptors (Lipinski definition) is 3. The molecule has 0 radical (unpaired) electrons. The standard InChI is InChI=1S/C10H17FN2S/c1-7(2)9(4-12)10(11)3-8-5-13-6-14-8/h5-7,9-10H,3-4,12H2,1-2H3. The monoisotopic (exact) mass is 216 g/mol. The van der Waals surface area contributed by atoms with E-state index in [0.717, 1.165) is 4.88 Å². The molecule has 2 nitrogen and oxygen atoms in total. The van der Waals surface area contributed by atoms with Crippen molar-refractivity contribution in [3.8, 4) is 0 Å². The predicted octanol–water partition coefficient (Wildman–Crippen LogP) is 2.25. The molecule has 14 heavy (non-hydrogen) atoms. The molecule has 0 aromatic carbocycles. The Morgan fingerprint density at radius 1 is 1.57 bits per heavy atom. The predicted molar refractivity (Wildman–Crippen MR) is 58.1 cm³/mol. The lowest BCUT2D eigenvalue weighted by molar-refractivity contribution is 0.186. The Morgan fingerprint density at radius 3 is 2.71 bits per heavy atom. The first kappa shape index (κ1) is 11.6. The number of nitrogens with zero attached hydrogens (tertiary/aromatic N) is 1. The molecule has 0 aliphatic rings. The quantitative estimate of drug-likeness (QED) is 0.820. The van der Waals surface area contributed by atoms with Crippen molar-refractivity contribution in [3.63, 3.8) is 0 Å². The molecule has 0 saturated heterocycles. The molecule has 4 heteroatoms. The molecule has 1 heterocycles. The van der Waals surface area contributed by atoms with Gasteiger partial charge in [-0.2, -0.15) is 0 Å². The van der Waals surface area contributed by atoms with Gasteiger partial charge in [-0.05, 0) is 12.5 Å². The van der Waals surface area contributed by atoms with Gasteiger partial charge in [0.15, 0.2) is 0 Å². The fraction of sp³-hybridized carbons (Fsp3) is 0.700. The molecule has 2 unspecified atom stereocenters. The molecule has 80 valence electrons. The molecule has 2 N–H and O–H groups in total. The lowest BCUT2D eigenvalue weighted by Gasteiger charge is -2.22. The molecule has 0 spiro atoms. The van der Waals surface area contributed by atoms with Crippen LogP contribution in [0, 0.1) is 11.8 Å². The number of thiazole rings is 1. The lowest BCUT2D eigenvalue weighted by Crippen LogP contribution is -2.30. The van der Waals surface area contributed by atoms with Crippen LogP contribution < -0.4 is 5.73 Å². The average molecular weight is 216 g/mol. The van der Waals surface area contributed by atoms with Crippen LogP contribution in [0.2, 0.25) is 0 Å². The van der Waals surface area contributed by atoms with Crippen molar-refractivity contribution in [2.75, 3.05) is 6.54 Å². The molecule has 2 atom stereocenters. The van der Waals surface area contributed by atoms with Crippen LogP contribution >= 0.6 is 11.3 Å². The first-order chi connectivity index (χ1) is 6.65. The summed E-state index contributed by atoms with van der Waals surface area (Å²) in [6.45, 7) is 4.44. The zero-order valence-electron chi connectivity index (χ0n) is 8.61. The van der Waals surface area contributed by atoms with E-state index in [1.165, 1.54) is 11.3 Å². The molecule has 0 bridgehead atoms. The lowest BCUT2D eigenvalue weighted by atomic mass is 9.89. The van der Waals surface area contributed by atoms with Crippen LogP contribution in [0.3, 0.4) is 0 Å². The summed E-state index contributed by atoms with van der Waals surface area (Å²) in [5.74, 6) is 0.250. The molecule has 0 aliphatic heterocycles. The minimum absolute atomic E-state index is 0.0444. The van der Waals surface area contributed by atoms with Crippen molar-refractivity contribution < 1.29 is 4.39 Å². The number of rotatable bonds is 5. The summed E-state index contributed by atoms with van der Waals surface area (Å²) < 4.78 is 13.8. The van der Waals surface area contributed by atoms with E-state index in [9.17, 15) is 4.39 Å². The van der Waals surface area contributed by atoms with Gasteiger partial charge in [0.2, 0.25) is 0 Å². The Bertz CT molecular complexity index is 249. The Hall–Kier alpha value is -0.480. The van der Waals surface area contributed by atoms with Gasteiger partial charge in [-0.15, -0.1) is 11.3 Å². The molecule has 0 fully saturated rings. The highest BCUT2D eigenvalue weighted by atomic mass is 32.1. The van der Waals surface area contributed by atoms with E-state index >= 15 is 0 Å². The van der Waals surface area contributed by atoms with Crippen LogP contribution in [0.1, 0.15) is 18.7 Å². The highest BCUT2D eigenvalue weighted by Crippen LogP contribution is 2.21. The molecule has 1 aromatic heterocycles. The number of hydrogen-bond donors (Lipinski definition) is 1. The molecule has 1 rings (SSSR count). The SMILES string of the molecule is CC(C)C(CN)C(F)Cc1cncs1. The Labute approximate surface area is 88.4 Å². The van der Waals surface area contributed by atoms with Crippen LogP contribution in [-0.2, 0) is 6.42 Å². The van der Waals surface area contributed by atoms with Crippen molar-refractivity contribution in [1.82, 2.24) is 4.98 Å². The second-order valence-electron chi connectivity index (χ2n) is 3.83. The van der Waals surface area contributed by atoms with E-state index in [2.05, 4.69) is 4.98 Å². The maximum absolute atomic E-state index is 13.8. The highest BCUT2D eigenvalue weighted by molar-refractivity contribution is 7.09. The van der Waals surface area contributed by atoms with Crippen molar-refractivity contribution >= 4 is 11.3 Å². The van der Waals surface area contributed by atoms with Gasteiger partial charge in [-0.25, -0.2) is 4.39 Å². The van der Waals surface area contributed by atoms with Gasteiger partial charge >= 0.3 is 0 Å². The van der Waals surface area contributed by atoms with Crippen LogP contribution in [0.25, 0.3) is 0 Å². The zero-order valence-corrected chi connectivity index (χ0v) is 9.43. The molecular formula is C10H17FN2S. The van der Waals surface area contributed by atoms with E-state index in [1.807, 2.05) is 13.8 Å². The third kappa shape index (κ3) is 3.03. The summed E-state index contributed by atoms with van der Waals surface area (Å²) in [6.07, 6.45) is 1.33. The smallest absolute Gasteiger partial charge is 0.109 e. The second kappa shape index (κ2) is 5.41. The van der Waals surface area contributed by atoms with Gasteiger partial charge in [0.05, 0.1) is 5.51 Å². The largest absolute Gasteiger partial charge is 0.330 e. The summed E-state index contributed by atoms with van der Waals surface area (Å²) in [7, 11) is 0. The third-order valence-electron chi connectivity index (χ3n) is 2.47. The zero-order chi connectivity index (χ0) is 10.6. The molecule has 0 amide bonds. The Kier molecular flexibility index (Phi) is 4.48. The first-order valence-corrected chi connectivity index (χ1v) is 5.74. The van der Waals surface area contributed by atoms with Crippen molar-refractivity contribution in [1.29, 1.82) is 0 Å². The summed E-state index contributed by atoms with van der Waals surface area (Å²) >= 11 is 1.50. The van der Waals surface area contributed by atoms with Crippen LogP contribution in [0.5, 0.6) is 0 Å². The topological polar surface area (TPSA) is 38.9 Å². The minimum Gasteiger partial charge on any atom is -0.330 e. The van der Waals surface area contributed by atoms with Gasteiger partial charge in [0, 0.05) is 23.4 Å². The molecule has 0 aliphatic carbocycles. The van der Waals surface area contributed by atoms with Gasteiger partial charge < -0.3 is 5.73 Å². The average Bonchev–Trinajstić information content (AvgIpc) is 2.57. The van der Waals surface area contributed by atoms with Crippen LogP contribution in [-0.4, -0.2) is 17.7 Å². The summed E-state index contributed by atoms with van der Waals surface area (Å²) in [4.78, 5) is 4.92. The maximum atomic E-state index is 13.8. The van der Waals surface area contributed by atoms with E-state index in [4.69, 9.17) is 5.73 Å². The second-order valence-corrected chi connectivity index (χ2v) is 4.80. The maximum Gasteiger partial charge on any atom is 0.109 e. The highest BCUT2D eigenvalue weighted by Gasteiger charge is 2.23. The van der Waals surface area contributed by atoms with E-state index < -0.39 is 6.17 Å². The number of alkyl halides is 1. The van der Waals surface area contributed by atoms with Crippen molar-refractivity contribution in [2.45, 2.75) is 26.4 Å². The molecular weight excluding hydrogens is 199 g/mol. The number of aromatic nitrogens is 1. The van der Waals surface area contributed by atoms with Crippen molar-refractivity contribution in [3.05, 3.63) is 16.6 Å². The van der Waals surface area contributed by atoms with E-state index in [1.54, 1.807) is 11.7 Å².